The van der Waals surface area contributed by atoms with E-state index in [0.717, 1.165) is 4.90 Å². The molecule has 140 valence electrons. The second-order valence-corrected chi connectivity index (χ2v) is 6.38. The van der Waals surface area contributed by atoms with Crippen LogP contribution in [0.15, 0.2) is 24.3 Å². The highest BCUT2D eigenvalue weighted by molar-refractivity contribution is 6.15. The van der Waals surface area contributed by atoms with Gasteiger partial charge in [-0.1, -0.05) is 13.8 Å². The molecular formula is C17H21FN4O4. The summed E-state index contributed by atoms with van der Waals surface area (Å²) in [6, 6.07) is 2.87. The molecule has 1 heterocycles. The van der Waals surface area contributed by atoms with Gasteiger partial charge in [-0.2, -0.15) is 0 Å². The second-order valence-electron chi connectivity index (χ2n) is 6.38. The molecule has 0 aromatic heterocycles. The van der Waals surface area contributed by atoms with Crippen molar-refractivity contribution in [1.82, 2.24) is 15.5 Å². The van der Waals surface area contributed by atoms with Crippen molar-refractivity contribution in [3.8, 4) is 0 Å². The Kier molecular flexibility index (Phi) is 5.91. The van der Waals surface area contributed by atoms with Crippen LogP contribution in [0.25, 0.3) is 0 Å². The van der Waals surface area contributed by atoms with Crippen LogP contribution >= 0.6 is 0 Å². The summed E-state index contributed by atoms with van der Waals surface area (Å²) < 4.78 is 13.1. The van der Waals surface area contributed by atoms with E-state index in [-0.39, 0.29) is 5.92 Å². The van der Waals surface area contributed by atoms with Gasteiger partial charge in [0.2, 0.25) is 5.91 Å². The first-order valence-electron chi connectivity index (χ1n) is 8.18. The highest BCUT2D eigenvalue weighted by atomic mass is 19.1. The van der Waals surface area contributed by atoms with Crippen LogP contribution in [0.5, 0.6) is 0 Å². The predicted molar refractivity (Wildman–Crippen MR) is 91.8 cm³/mol. The molecule has 1 saturated heterocycles. The van der Waals surface area contributed by atoms with Crippen molar-refractivity contribution in [3.63, 3.8) is 0 Å². The molecular weight excluding hydrogens is 343 g/mol. The third-order valence-corrected chi connectivity index (χ3v) is 3.78. The van der Waals surface area contributed by atoms with Crippen molar-refractivity contribution in [1.29, 1.82) is 0 Å². The predicted octanol–water partition coefficient (Wildman–Crippen LogP) is 1.46. The fraction of sp³-hybridized carbons (Fsp3) is 0.412. The molecule has 0 radical (unpaired) electrons. The van der Waals surface area contributed by atoms with Gasteiger partial charge < -0.3 is 5.32 Å². The zero-order valence-corrected chi connectivity index (χ0v) is 14.8. The minimum atomic E-state index is -0.837. The van der Waals surface area contributed by atoms with Gasteiger partial charge in [-0.25, -0.2) is 14.0 Å². The van der Waals surface area contributed by atoms with Crippen LogP contribution in [-0.4, -0.2) is 47.9 Å². The molecule has 0 saturated carbocycles. The molecule has 9 heteroatoms. The number of nitrogens with zero attached hydrogens (tertiary/aromatic N) is 2. The third-order valence-electron chi connectivity index (χ3n) is 3.78. The maximum Gasteiger partial charge on any atom is 0.332 e. The van der Waals surface area contributed by atoms with Crippen LogP contribution in [-0.2, 0) is 9.59 Å². The Balaban J connectivity index is 2.02. The number of anilines is 1. The second kappa shape index (κ2) is 7.94. The number of urea groups is 2. The summed E-state index contributed by atoms with van der Waals surface area (Å²) in [4.78, 5) is 50.3. The minimum Gasteiger partial charge on any atom is -0.338 e. The lowest BCUT2D eigenvalue weighted by molar-refractivity contribution is -0.131. The fourth-order valence-electron chi connectivity index (χ4n) is 2.46. The Morgan fingerprint density at radius 1 is 1.19 bits per heavy atom. The molecule has 1 unspecified atom stereocenters. The van der Waals surface area contributed by atoms with Gasteiger partial charge in [-0.15, -0.1) is 0 Å². The summed E-state index contributed by atoms with van der Waals surface area (Å²) in [5, 5.41) is 4.58. The van der Waals surface area contributed by atoms with Crippen molar-refractivity contribution >= 4 is 29.6 Å². The SMILES string of the molecule is CC(C)CNC(=O)NC(=O)CN1C(=O)C(C)N(c2ccc(F)cc2)C1=O. The lowest BCUT2D eigenvalue weighted by atomic mass is 10.2. The van der Waals surface area contributed by atoms with Crippen LogP contribution in [0.2, 0.25) is 0 Å². The van der Waals surface area contributed by atoms with E-state index in [1.165, 1.54) is 36.1 Å². The minimum absolute atomic E-state index is 0.211. The zero-order chi connectivity index (χ0) is 19.4. The number of imide groups is 2. The fourth-order valence-corrected chi connectivity index (χ4v) is 2.46. The molecule has 2 rings (SSSR count). The molecule has 2 N–H and O–H groups in total. The van der Waals surface area contributed by atoms with Crippen molar-refractivity contribution < 1.29 is 23.6 Å². The summed E-state index contributed by atoms with van der Waals surface area (Å²) in [5.41, 5.74) is 0.342. The van der Waals surface area contributed by atoms with Crippen LogP contribution in [0, 0.1) is 11.7 Å². The average Bonchev–Trinajstić information content (AvgIpc) is 2.78. The summed E-state index contributed by atoms with van der Waals surface area (Å²) in [6.45, 7) is 5.12. The molecule has 26 heavy (non-hydrogen) atoms. The number of carbonyl (C=O) groups excluding carboxylic acids is 4. The maximum atomic E-state index is 13.1. The van der Waals surface area contributed by atoms with E-state index in [2.05, 4.69) is 10.6 Å². The lowest BCUT2D eigenvalue weighted by Gasteiger charge is -2.19. The Labute approximate surface area is 150 Å². The van der Waals surface area contributed by atoms with E-state index in [1.54, 1.807) is 0 Å². The first-order valence-corrected chi connectivity index (χ1v) is 8.18. The number of halogens is 1. The number of rotatable bonds is 5. The number of carbonyl (C=O) groups is 4. The van der Waals surface area contributed by atoms with Gasteiger partial charge in [-0.3, -0.25) is 24.7 Å². The van der Waals surface area contributed by atoms with Crippen molar-refractivity contribution in [2.75, 3.05) is 18.0 Å². The van der Waals surface area contributed by atoms with Crippen LogP contribution < -0.4 is 15.5 Å². The van der Waals surface area contributed by atoms with E-state index < -0.39 is 42.3 Å². The molecule has 0 bridgehead atoms. The molecule has 6 amide bonds. The summed E-state index contributed by atoms with van der Waals surface area (Å²) in [6.07, 6.45) is 0. The molecule has 1 aliphatic rings. The van der Waals surface area contributed by atoms with E-state index in [0.29, 0.717) is 12.2 Å². The molecule has 1 fully saturated rings. The van der Waals surface area contributed by atoms with Gasteiger partial charge in [0.1, 0.15) is 18.4 Å². The average molecular weight is 364 g/mol. The maximum absolute atomic E-state index is 13.1. The zero-order valence-electron chi connectivity index (χ0n) is 14.8. The van der Waals surface area contributed by atoms with E-state index in [4.69, 9.17) is 0 Å². The Morgan fingerprint density at radius 3 is 2.38 bits per heavy atom. The molecule has 1 aromatic carbocycles. The van der Waals surface area contributed by atoms with Gasteiger partial charge in [0.05, 0.1) is 0 Å². The van der Waals surface area contributed by atoms with E-state index in [1.807, 2.05) is 13.8 Å². The summed E-state index contributed by atoms with van der Waals surface area (Å²) >= 11 is 0. The first-order chi connectivity index (χ1) is 12.2. The van der Waals surface area contributed by atoms with Gasteiger partial charge in [0.25, 0.3) is 5.91 Å². The summed E-state index contributed by atoms with van der Waals surface area (Å²) in [5.74, 6) is -1.61. The van der Waals surface area contributed by atoms with E-state index in [9.17, 15) is 23.6 Å². The number of hydrogen-bond acceptors (Lipinski definition) is 4. The number of hydrogen-bond donors (Lipinski definition) is 2. The Hall–Kier alpha value is -2.97. The smallest absolute Gasteiger partial charge is 0.332 e. The molecule has 0 spiro atoms. The Morgan fingerprint density at radius 2 is 1.81 bits per heavy atom. The van der Waals surface area contributed by atoms with Crippen LogP contribution in [0.3, 0.4) is 0 Å². The number of amides is 6. The molecule has 1 aromatic rings. The van der Waals surface area contributed by atoms with Gasteiger partial charge >= 0.3 is 12.1 Å². The highest BCUT2D eigenvalue weighted by Crippen LogP contribution is 2.25. The van der Waals surface area contributed by atoms with Crippen molar-refractivity contribution in [2.24, 2.45) is 5.92 Å². The normalized spacial score (nSPS) is 17.0. The Bertz CT molecular complexity index is 720. The quantitative estimate of drug-likeness (QED) is 0.773. The largest absolute Gasteiger partial charge is 0.338 e. The van der Waals surface area contributed by atoms with Gasteiger partial charge in [0.15, 0.2) is 0 Å². The third kappa shape index (κ3) is 4.35. The van der Waals surface area contributed by atoms with E-state index >= 15 is 0 Å². The summed E-state index contributed by atoms with van der Waals surface area (Å²) in [7, 11) is 0. The van der Waals surface area contributed by atoms with Crippen LogP contribution in [0.4, 0.5) is 19.7 Å². The monoisotopic (exact) mass is 364 g/mol. The van der Waals surface area contributed by atoms with Crippen molar-refractivity contribution in [2.45, 2.75) is 26.8 Å². The molecule has 1 aliphatic heterocycles. The topological polar surface area (TPSA) is 98.8 Å². The van der Waals surface area contributed by atoms with Gasteiger partial charge in [-0.05, 0) is 37.1 Å². The molecule has 0 aliphatic carbocycles. The number of nitrogens with one attached hydrogen (secondary N) is 2. The van der Waals surface area contributed by atoms with Crippen LogP contribution in [0.1, 0.15) is 20.8 Å². The standard InChI is InChI=1S/C17H21FN4O4/c1-10(2)8-19-16(25)20-14(23)9-21-15(24)11(3)22(17(21)26)13-6-4-12(18)5-7-13/h4-7,10-11H,8-9H2,1-3H3,(H2,19,20,23,25). The van der Waals surface area contributed by atoms with Crippen molar-refractivity contribution in [3.05, 3.63) is 30.1 Å². The lowest BCUT2D eigenvalue weighted by Crippen LogP contribution is -2.47. The first kappa shape index (κ1) is 19.4. The number of benzene rings is 1. The van der Waals surface area contributed by atoms with Gasteiger partial charge in [0, 0.05) is 12.2 Å². The highest BCUT2D eigenvalue weighted by Gasteiger charge is 2.44. The molecule has 1 atom stereocenters. The molecule has 8 nitrogen and oxygen atoms in total.